The second-order valence-corrected chi connectivity index (χ2v) is 7.46. The summed E-state index contributed by atoms with van der Waals surface area (Å²) in [5, 5.41) is 7.87. The number of halogens is 3. The standard InChI is InChI=1S/C16H9Cl3N2OS2/c17-8-5-6-9-12(7-8)24-14(13(9)19)15(22)21-16(23)20-11-4-2-1-3-10(11)18/h1-7H,(H2,20,21,22,23). The molecule has 3 nitrogen and oxygen atoms in total. The summed E-state index contributed by atoms with van der Waals surface area (Å²) in [5.74, 6) is -0.387. The number of benzene rings is 2. The van der Waals surface area contributed by atoms with Crippen molar-refractivity contribution in [2.24, 2.45) is 0 Å². The van der Waals surface area contributed by atoms with Crippen LogP contribution in [0.25, 0.3) is 10.1 Å². The largest absolute Gasteiger partial charge is 0.331 e. The van der Waals surface area contributed by atoms with Crippen molar-refractivity contribution >= 4 is 85.2 Å². The van der Waals surface area contributed by atoms with Crippen LogP contribution < -0.4 is 10.6 Å². The van der Waals surface area contributed by atoms with Gasteiger partial charge < -0.3 is 5.32 Å². The van der Waals surface area contributed by atoms with E-state index in [0.29, 0.717) is 25.6 Å². The third-order valence-corrected chi connectivity index (χ3v) is 5.57. The average molecular weight is 416 g/mol. The Bertz CT molecular complexity index is 956. The maximum absolute atomic E-state index is 12.4. The molecule has 0 radical (unpaired) electrons. The van der Waals surface area contributed by atoms with Crippen molar-refractivity contribution in [2.45, 2.75) is 0 Å². The molecule has 1 aromatic heterocycles. The zero-order valence-corrected chi connectivity index (χ0v) is 15.8. The highest BCUT2D eigenvalue weighted by Crippen LogP contribution is 2.36. The van der Waals surface area contributed by atoms with Crippen LogP contribution in [-0.2, 0) is 0 Å². The van der Waals surface area contributed by atoms with Crippen molar-refractivity contribution in [1.82, 2.24) is 5.32 Å². The maximum atomic E-state index is 12.4. The van der Waals surface area contributed by atoms with E-state index in [1.54, 1.807) is 36.4 Å². The Hall–Kier alpha value is -1.37. The van der Waals surface area contributed by atoms with Crippen molar-refractivity contribution < 1.29 is 4.79 Å². The quantitative estimate of drug-likeness (QED) is 0.505. The van der Waals surface area contributed by atoms with Gasteiger partial charge in [0.1, 0.15) is 4.88 Å². The molecule has 3 rings (SSSR count). The smallest absolute Gasteiger partial charge is 0.269 e. The number of fused-ring (bicyclic) bond motifs is 1. The summed E-state index contributed by atoms with van der Waals surface area (Å²) < 4.78 is 0.836. The van der Waals surface area contributed by atoms with Crippen LogP contribution in [0.5, 0.6) is 0 Å². The van der Waals surface area contributed by atoms with Crippen LogP contribution in [0.2, 0.25) is 15.1 Å². The number of hydrogen-bond donors (Lipinski definition) is 2. The number of nitrogens with one attached hydrogen (secondary N) is 2. The number of para-hydroxylation sites is 1. The number of thiocarbonyl (C=S) groups is 1. The lowest BCUT2D eigenvalue weighted by Crippen LogP contribution is -2.33. The molecule has 0 aliphatic heterocycles. The fourth-order valence-electron chi connectivity index (χ4n) is 2.06. The third kappa shape index (κ3) is 3.66. The topological polar surface area (TPSA) is 41.1 Å². The predicted molar refractivity (Wildman–Crippen MR) is 107 cm³/mol. The molecular formula is C16H9Cl3N2OS2. The molecule has 24 heavy (non-hydrogen) atoms. The van der Waals surface area contributed by atoms with Gasteiger partial charge in [-0.25, -0.2) is 0 Å². The normalized spacial score (nSPS) is 10.6. The van der Waals surface area contributed by atoms with Gasteiger partial charge in [-0.3, -0.25) is 10.1 Å². The van der Waals surface area contributed by atoms with Crippen molar-refractivity contribution in [2.75, 3.05) is 5.32 Å². The minimum Gasteiger partial charge on any atom is -0.331 e. The highest BCUT2D eigenvalue weighted by atomic mass is 35.5. The van der Waals surface area contributed by atoms with E-state index in [1.165, 1.54) is 11.3 Å². The van der Waals surface area contributed by atoms with Crippen molar-refractivity contribution in [3.8, 4) is 0 Å². The molecule has 0 aliphatic rings. The average Bonchev–Trinajstić information content (AvgIpc) is 2.86. The fourth-order valence-corrected chi connectivity index (χ4v) is 4.14. The van der Waals surface area contributed by atoms with Crippen molar-refractivity contribution in [3.05, 3.63) is 62.4 Å². The van der Waals surface area contributed by atoms with Crippen LogP contribution in [0, 0.1) is 0 Å². The summed E-state index contributed by atoms with van der Waals surface area (Å²) >= 11 is 24.7. The SMILES string of the molecule is O=C(NC(=S)Nc1ccccc1Cl)c1sc2cc(Cl)ccc2c1Cl. The zero-order chi connectivity index (χ0) is 17.3. The third-order valence-electron chi connectivity index (χ3n) is 3.15. The van der Waals surface area contributed by atoms with Gasteiger partial charge in [-0.05, 0) is 36.5 Å². The number of carbonyl (C=O) groups excluding carboxylic acids is 1. The van der Waals surface area contributed by atoms with E-state index in [1.807, 2.05) is 6.07 Å². The zero-order valence-electron chi connectivity index (χ0n) is 11.9. The molecule has 0 bridgehead atoms. The number of hydrogen-bond acceptors (Lipinski definition) is 3. The molecule has 0 aliphatic carbocycles. The van der Waals surface area contributed by atoms with Gasteiger partial charge in [0.15, 0.2) is 5.11 Å². The Morgan fingerprint density at radius 2 is 1.83 bits per heavy atom. The summed E-state index contributed by atoms with van der Waals surface area (Å²) in [7, 11) is 0. The van der Waals surface area contributed by atoms with Crippen LogP contribution in [0.1, 0.15) is 9.67 Å². The molecule has 0 spiro atoms. The highest BCUT2D eigenvalue weighted by Gasteiger charge is 2.18. The van der Waals surface area contributed by atoms with Crippen molar-refractivity contribution in [1.29, 1.82) is 0 Å². The molecule has 0 saturated carbocycles. The summed E-state index contributed by atoms with van der Waals surface area (Å²) in [6.45, 7) is 0. The molecule has 0 saturated heterocycles. The van der Waals surface area contributed by atoms with E-state index in [9.17, 15) is 4.79 Å². The lowest BCUT2D eigenvalue weighted by atomic mass is 10.2. The van der Waals surface area contributed by atoms with E-state index >= 15 is 0 Å². The molecule has 1 amide bonds. The van der Waals surface area contributed by atoms with Crippen LogP contribution >= 0.6 is 58.4 Å². The van der Waals surface area contributed by atoms with E-state index < -0.39 is 0 Å². The highest BCUT2D eigenvalue weighted by molar-refractivity contribution is 7.80. The van der Waals surface area contributed by atoms with Gasteiger partial charge in [0, 0.05) is 15.1 Å². The van der Waals surface area contributed by atoms with Gasteiger partial charge in [-0.2, -0.15) is 0 Å². The molecule has 2 aromatic carbocycles. The monoisotopic (exact) mass is 414 g/mol. The van der Waals surface area contributed by atoms with Gasteiger partial charge in [-0.1, -0.05) is 53.0 Å². The first-order chi connectivity index (χ1) is 11.5. The number of rotatable bonds is 2. The molecule has 0 fully saturated rings. The summed E-state index contributed by atoms with van der Waals surface area (Å²) in [5.41, 5.74) is 0.610. The first-order valence-corrected chi connectivity index (χ1v) is 9.06. The lowest BCUT2D eigenvalue weighted by molar-refractivity contribution is 0.0982. The minimum absolute atomic E-state index is 0.139. The van der Waals surface area contributed by atoms with Gasteiger partial charge in [0.25, 0.3) is 5.91 Å². The Labute approximate surface area is 162 Å². The Morgan fingerprint density at radius 3 is 2.58 bits per heavy atom. The van der Waals surface area contributed by atoms with Gasteiger partial charge in [0.2, 0.25) is 0 Å². The van der Waals surface area contributed by atoms with E-state index in [-0.39, 0.29) is 11.0 Å². The minimum atomic E-state index is -0.387. The number of amides is 1. The first kappa shape index (κ1) is 17.5. The second-order valence-electron chi connectivity index (χ2n) is 4.77. The van der Waals surface area contributed by atoms with Crippen LogP contribution in [-0.4, -0.2) is 11.0 Å². The Balaban J connectivity index is 1.79. The van der Waals surface area contributed by atoms with E-state index in [0.717, 1.165) is 10.1 Å². The van der Waals surface area contributed by atoms with E-state index in [2.05, 4.69) is 10.6 Å². The number of thiophene rings is 1. The fraction of sp³-hybridized carbons (Fsp3) is 0. The molecule has 0 unspecified atom stereocenters. The number of anilines is 1. The van der Waals surface area contributed by atoms with Gasteiger partial charge >= 0.3 is 0 Å². The van der Waals surface area contributed by atoms with Crippen molar-refractivity contribution in [3.63, 3.8) is 0 Å². The molecule has 3 aromatic rings. The summed E-state index contributed by atoms with van der Waals surface area (Å²) in [6, 6.07) is 12.4. The van der Waals surface area contributed by atoms with Crippen LogP contribution in [0.4, 0.5) is 5.69 Å². The van der Waals surface area contributed by atoms with Gasteiger partial charge in [-0.15, -0.1) is 11.3 Å². The second kappa shape index (κ2) is 7.25. The maximum Gasteiger partial charge on any atom is 0.269 e. The van der Waals surface area contributed by atoms with Gasteiger partial charge in [0.05, 0.1) is 15.7 Å². The molecule has 8 heteroatoms. The molecule has 1 heterocycles. The lowest BCUT2D eigenvalue weighted by Gasteiger charge is -2.10. The molecule has 122 valence electrons. The molecule has 0 atom stereocenters. The predicted octanol–water partition coefficient (Wildman–Crippen LogP) is 5.99. The molecular weight excluding hydrogens is 407 g/mol. The number of carbonyl (C=O) groups is 1. The van der Waals surface area contributed by atoms with E-state index in [4.69, 9.17) is 47.0 Å². The molecule has 2 N–H and O–H groups in total. The Kier molecular flexibility index (Phi) is 5.27. The Morgan fingerprint density at radius 1 is 1.08 bits per heavy atom. The summed E-state index contributed by atoms with van der Waals surface area (Å²) in [4.78, 5) is 12.8. The van der Waals surface area contributed by atoms with Crippen LogP contribution in [0.3, 0.4) is 0 Å². The summed E-state index contributed by atoms with van der Waals surface area (Å²) in [6.07, 6.45) is 0. The first-order valence-electron chi connectivity index (χ1n) is 6.70. The van der Waals surface area contributed by atoms with Crippen LogP contribution in [0.15, 0.2) is 42.5 Å².